The van der Waals surface area contributed by atoms with Crippen LogP contribution in [0.1, 0.15) is 12.0 Å². The van der Waals surface area contributed by atoms with E-state index in [1.165, 1.54) is 0 Å². The van der Waals surface area contributed by atoms with Crippen molar-refractivity contribution in [2.45, 2.75) is 11.8 Å². The summed E-state index contributed by atoms with van der Waals surface area (Å²) in [5.41, 5.74) is 1.93. The molecule has 1 unspecified atom stereocenters. The minimum Gasteiger partial charge on any atom is -0.384 e. The van der Waals surface area contributed by atoms with Gasteiger partial charge in [-0.1, -0.05) is 6.07 Å². The third-order valence-electron chi connectivity index (χ3n) is 3.71. The first kappa shape index (κ1) is 9.16. The van der Waals surface area contributed by atoms with Crippen LogP contribution in [0.3, 0.4) is 0 Å². The van der Waals surface area contributed by atoms with Crippen LogP contribution in [0, 0.1) is 5.82 Å². The number of fused-ring (bicyclic) bond motifs is 2. The van der Waals surface area contributed by atoms with Crippen LogP contribution in [0.5, 0.6) is 0 Å². The number of hydrogen-bond acceptors (Lipinski definition) is 2. The standard InChI is InChI=1S/C12H15FN2/c1-15-6-5-12(8-15)7-14-10-4-2-3-9(13)11(10)12/h2-4,14H,5-8H2,1H3. The molecule has 0 bridgehead atoms. The quantitative estimate of drug-likeness (QED) is 0.696. The molecule has 0 amide bonds. The van der Waals surface area contributed by atoms with Crippen LogP contribution in [0.2, 0.25) is 0 Å². The monoisotopic (exact) mass is 206 g/mol. The smallest absolute Gasteiger partial charge is 0.129 e. The van der Waals surface area contributed by atoms with Gasteiger partial charge in [-0.15, -0.1) is 0 Å². The number of nitrogens with zero attached hydrogens (tertiary/aromatic N) is 1. The van der Waals surface area contributed by atoms with Crippen LogP contribution in [0.4, 0.5) is 10.1 Å². The Labute approximate surface area is 89.1 Å². The fourth-order valence-electron chi connectivity index (χ4n) is 2.99. The van der Waals surface area contributed by atoms with Crippen molar-refractivity contribution in [3.63, 3.8) is 0 Å². The second-order valence-electron chi connectivity index (χ2n) is 4.78. The predicted octanol–water partition coefficient (Wildman–Crippen LogP) is 1.82. The summed E-state index contributed by atoms with van der Waals surface area (Å²) in [5, 5.41) is 3.33. The molecule has 0 saturated carbocycles. The van der Waals surface area contributed by atoms with E-state index in [2.05, 4.69) is 17.3 Å². The molecular weight excluding hydrogens is 191 g/mol. The van der Waals surface area contributed by atoms with Crippen molar-refractivity contribution in [3.05, 3.63) is 29.6 Å². The molecule has 1 aromatic carbocycles. The average Bonchev–Trinajstić information content (AvgIpc) is 2.74. The molecule has 2 aliphatic rings. The maximum absolute atomic E-state index is 13.9. The van der Waals surface area contributed by atoms with Gasteiger partial charge in [0.2, 0.25) is 0 Å². The molecule has 3 heteroatoms. The lowest BCUT2D eigenvalue weighted by atomic mass is 9.81. The van der Waals surface area contributed by atoms with E-state index in [1.54, 1.807) is 12.1 Å². The minimum absolute atomic E-state index is 0.0232. The van der Waals surface area contributed by atoms with Gasteiger partial charge < -0.3 is 10.2 Å². The molecule has 3 rings (SSSR count). The maximum Gasteiger partial charge on any atom is 0.129 e. The number of likely N-dealkylation sites (N-methyl/N-ethyl adjacent to an activating group) is 1. The van der Waals surface area contributed by atoms with Gasteiger partial charge in [0.05, 0.1) is 0 Å². The number of benzene rings is 1. The molecule has 2 aliphatic heterocycles. The van der Waals surface area contributed by atoms with Gasteiger partial charge in [0.15, 0.2) is 0 Å². The molecule has 0 aliphatic carbocycles. The fourth-order valence-corrected chi connectivity index (χ4v) is 2.99. The zero-order chi connectivity index (χ0) is 10.5. The van der Waals surface area contributed by atoms with E-state index >= 15 is 0 Å². The minimum atomic E-state index is -0.0483. The average molecular weight is 206 g/mol. The molecule has 1 fully saturated rings. The van der Waals surface area contributed by atoms with E-state index in [0.717, 1.165) is 37.3 Å². The van der Waals surface area contributed by atoms with Gasteiger partial charge in [0.25, 0.3) is 0 Å². The number of hydrogen-bond donors (Lipinski definition) is 1. The first-order valence-electron chi connectivity index (χ1n) is 5.43. The normalized spacial score (nSPS) is 29.5. The lowest BCUT2D eigenvalue weighted by Gasteiger charge is -2.23. The first-order chi connectivity index (χ1) is 7.21. The molecule has 1 saturated heterocycles. The van der Waals surface area contributed by atoms with Gasteiger partial charge in [-0.2, -0.15) is 0 Å². The van der Waals surface area contributed by atoms with Crippen LogP contribution < -0.4 is 5.32 Å². The Morgan fingerprint density at radius 1 is 1.47 bits per heavy atom. The first-order valence-corrected chi connectivity index (χ1v) is 5.43. The van der Waals surface area contributed by atoms with E-state index in [9.17, 15) is 4.39 Å². The van der Waals surface area contributed by atoms with Crippen molar-refractivity contribution in [1.29, 1.82) is 0 Å². The number of likely N-dealkylation sites (tertiary alicyclic amines) is 1. The third-order valence-corrected chi connectivity index (χ3v) is 3.71. The highest BCUT2D eigenvalue weighted by Crippen LogP contribution is 2.43. The zero-order valence-corrected chi connectivity index (χ0v) is 8.89. The molecule has 1 atom stereocenters. The van der Waals surface area contributed by atoms with E-state index in [1.807, 2.05) is 6.07 Å². The van der Waals surface area contributed by atoms with Gasteiger partial charge in [-0.25, -0.2) is 4.39 Å². The Hall–Kier alpha value is -1.09. The summed E-state index contributed by atoms with van der Waals surface area (Å²) in [6.45, 7) is 2.91. The Morgan fingerprint density at radius 2 is 2.33 bits per heavy atom. The molecule has 1 spiro atoms. The van der Waals surface area contributed by atoms with E-state index in [-0.39, 0.29) is 11.2 Å². The van der Waals surface area contributed by atoms with Gasteiger partial charge >= 0.3 is 0 Å². The zero-order valence-electron chi connectivity index (χ0n) is 8.89. The van der Waals surface area contributed by atoms with Crippen LogP contribution in [-0.2, 0) is 5.41 Å². The second-order valence-corrected chi connectivity index (χ2v) is 4.78. The summed E-state index contributed by atoms with van der Waals surface area (Å²) >= 11 is 0. The summed E-state index contributed by atoms with van der Waals surface area (Å²) in [7, 11) is 2.10. The lowest BCUT2D eigenvalue weighted by molar-refractivity contribution is 0.376. The molecule has 2 nitrogen and oxygen atoms in total. The number of rotatable bonds is 0. The van der Waals surface area contributed by atoms with Crippen molar-refractivity contribution in [3.8, 4) is 0 Å². The summed E-state index contributed by atoms with van der Waals surface area (Å²) in [6, 6.07) is 5.33. The Balaban J connectivity index is 2.11. The van der Waals surface area contributed by atoms with Gasteiger partial charge in [-0.05, 0) is 32.1 Å². The largest absolute Gasteiger partial charge is 0.384 e. The highest BCUT2D eigenvalue weighted by atomic mass is 19.1. The molecule has 1 aromatic rings. The van der Waals surface area contributed by atoms with E-state index in [0.29, 0.717) is 0 Å². The van der Waals surface area contributed by atoms with Crippen molar-refractivity contribution in [2.75, 3.05) is 32.0 Å². The van der Waals surface area contributed by atoms with Gasteiger partial charge in [0.1, 0.15) is 5.82 Å². The van der Waals surface area contributed by atoms with Crippen molar-refractivity contribution >= 4 is 5.69 Å². The Bertz CT molecular complexity index is 401. The Morgan fingerprint density at radius 3 is 3.07 bits per heavy atom. The fraction of sp³-hybridized carbons (Fsp3) is 0.500. The molecule has 2 heterocycles. The topological polar surface area (TPSA) is 15.3 Å². The van der Waals surface area contributed by atoms with E-state index in [4.69, 9.17) is 0 Å². The summed E-state index contributed by atoms with van der Waals surface area (Å²) in [4.78, 5) is 2.28. The highest BCUT2D eigenvalue weighted by Gasteiger charge is 2.45. The molecular formula is C12H15FN2. The second kappa shape index (κ2) is 2.95. The molecule has 1 N–H and O–H groups in total. The van der Waals surface area contributed by atoms with Crippen molar-refractivity contribution < 1.29 is 4.39 Å². The molecule has 15 heavy (non-hydrogen) atoms. The SMILES string of the molecule is CN1CCC2(CNc3cccc(F)c32)C1. The third kappa shape index (κ3) is 1.19. The summed E-state index contributed by atoms with van der Waals surface area (Å²) in [5.74, 6) is -0.0483. The van der Waals surface area contributed by atoms with Gasteiger partial charge in [0, 0.05) is 29.8 Å². The Kier molecular flexibility index (Phi) is 1.80. The van der Waals surface area contributed by atoms with Crippen molar-refractivity contribution in [2.24, 2.45) is 0 Å². The van der Waals surface area contributed by atoms with Crippen molar-refractivity contribution in [1.82, 2.24) is 4.90 Å². The number of halogens is 1. The number of nitrogens with one attached hydrogen (secondary N) is 1. The maximum atomic E-state index is 13.9. The summed E-state index contributed by atoms with van der Waals surface area (Å²) in [6.07, 6.45) is 1.06. The van der Waals surface area contributed by atoms with Crippen LogP contribution >= 0.6 is 0 Å². The number of anilines is 1. The van der Waals surface area contributed by atoms with Gasteiger partial charge in [-0.3, -0.25) is 0 Å². The molecule has 0 radical (unpaired) electrons. The predicted molar refractivity (Wildman–Crippen MR) is 58.7 cm³/mol. The highest BCUT2D eigenvalue weighted by molar-refractivity contribution is 5.61. The van der Waals surface area contributed by atoms with Crippen LogP contribution in [-0.4, -0.2) is 31.6 Å². The van der Waals surface area contributed by atoms with Crippen LogP contribution in [0.25, 0.3) is 0 Å². The lowest BCUT2D eigenvalue weighted by Crippen LogP contribution is -2.32. The van der Waals surface area contributed by atoms with E-state index < -0.39 is 0 Å². The van der Waals surface area contributed by atoms with Crippen LogP contribution in [0.15, 0.2) is 18.2 Å². The molecule has 0 aromatic heterocycles. The summed E-state index contributed by atoms with van der Waals surface area (Å²) < 4.78 is 13.9. The molecule has 80 valence electrons.